The van der Waals surface area contributed by atoms with E-state index >= 15 is 0 Å². The molecule has 1 aliphatic rings. The molecule has 3 nitrogen and oxygen atoms in total. The van der Waals surface area contributed by atoms with Crippen LogP contribution in [0.3, 0.4) is 0 Å². The first kappa shape index (κ1) is 9.06. The molecule has 0 saturated heterocycles. The van der Waals surface area contributed by atoms with Gasteiger partial charge in [0, 0.05) is 0 Å². The molecule has 1 aromatic rings. The van der Waals surface area contributed by atoms with E-state index in [2.05, 4.69) is 12.2 Å². The maximum atomic E-state index is 11.3. The SMILES string of the molecule is CCc1ccc2c(c1)NC(=O)CCO2. The van der Waals surface area contributed by atoms with Gasteiger partial charge >= 0.3 is 0 Å². The van der Waals surface area contributed by atoms with Gasteiger partial charge in [0.1, 0.15) is 5.75 Å². The standard InChI is InChI=1S/C11H13NO2/c1-2-8-3-4-10-9(7-8)12-11(13)5-6-14-10/h3-4,7H,2,5-6H2,1H3,(H,12,13). The summed E-state index contributed by atoms with van der Waals surface area (Å²) in [6, 6.07) is 5.91. The molecule has 1 aliphatic heterocycles. The maximum Gasteiger partial charge on any atom is 0.227 e. The lowest BCUT2D eigenvalue weighted by Gasteiger charge is -2.07. The maximum absolute atomic E-state index is 11.3. The number of carbonyl (C=O) groups is 1. The Labute approximate surface area is 83.1 Å². The third-order valence-corrected chi connectivity index (χ3v) is 2.31. The van der Waals surface area contributed by atoms with Gasteiger partial charge in [0.2, 0.25) is 5.91 Å². The molecular formula is C11H13NO2. The van der Waals surface area contributed by atoms with Gasteiger partial charge in [0.05, 0.1) is 18.7 Å². The predicted octanol–water partition coefficient (Wildman–Crippen LogP) is 1.97. The van der Waals surface area contributed by atoms with Crippen LogP contribution in [0.4, 0.5) is 5.69 Å². The summed E-state index contributed by atoms with van der Waals surface area (Å²) in [5.74, 6) is 0.796. The Morgan fingerprint density at radius 1 is 1.50 bits per heavy atom. The monoisotopic (exact) mass is 191 g/mol. The number of anilines is 1. The quantitative estimate of drug-likeness (QED) is 0.737. The molecule has 0 atom stereocenters. The molecule has 0 unspecified atom stereocenters. The van der Waals surface area contributed by atoms with Crippen LogP contribution in [0.25, 0.3) is 0 Å². The molecule has 1 amide bonds. The van der Waals surface area contributed by atoms with Crippen molar-refractivity contribution >= 4 is 11.6 Å². The number of fused-ring (bicyclic) bond motifs is 1. The van der Waals surface area contributed by atoms with Crippen LogP contribution >= 0.6 is 0 Å². The topological polar surface area (TPSA) is 38.3 Å². The van der Waals surface area contributed by atoms with E-state index in [9.17, 15) is 4.79 Å². The number of hydrogen-bond acceptors (Lipinski definition) is 2. The zero-order chi connectivity index (χ0) is 9.97. The van der Waals surface area contributed by atoms with Crippen LogP contribution in [0.15, 0.2) is 18.2 Å². The minimum Gasteiger partial charge on any atom is -0.491 e. The summed E-state index contributed by atoms with van der Waals surface area (Å²) in [7, 11) is 0. The van der Waals surface area contributed by atoms with Crippen LogP contribution in [0, 0.1) is 0 Å². The van der Waals surface area contributed by atoms with Gasteiger partial charge in [-0.15, -0.1) is 0 Å². The van der Waals surface area contributed by atoms with Crippen LogP contribution in [0.5, 0.6) is 5.75 Å². The van der Waals surface area contributed by atoms with Gasteiger partial charge in [-0.2, -0.15) is 0 Å². The fraction of sp³-hybridized carbons (Fsp3) is 0.364. The minimum atomic E-state index is 0.0250. The molecule has 1 aromatic carbocycles. The van der Waals surface area contributed by atoms with Crippen molar-refractivity contribution in [2.45, 2.75) is 19.8 Å². The van der Waals surface area contributed by atoms with Crippen molar-refractivity contribution in [2.24, 2.45) is 0 Å². The van der Waals surface area contributed by atoms with Gasteiger partial charge in [-0.25, -0.2) is 0 Å². The van der Waals surface area contributed by atoms with E-state index in [0.29, 0.717) is 13.0 Å². The molecule has 1 N–H and O–H groups in total. The number of hydrogen-bond donors (Lipinski definition) is 1. The van der Waals surface area contributed by atoms with Crippen molar-refractivity contribution in [3.8, 4) is 5.75 Å². The van der Waals surface area contributed by atoms with E-state index < -0.39 is 0 Å². The molecule has 0 spiro atoms. The zero-order valence-electron chi connectivity index (χ0n) is 8.17. The van der Waals surface area contributed by atoms with E-state index in [-0.39, 0.29) is 5.91 Å². The van der Waals surface area contributed by atoms with E-state index in [0.717, 1.165) is 17.9 Å². The van der Waals surface area contributed by atoms with Crippen molar-refractivity contribution < 1.29 is 9.53 Å². The van der Waals surface area contributed by atoms with Gasteiger partial charge in [0.25, 0.3) is 0 Å². The highest BCUT2D eigenvalue weighted by atomic mass is 16.5. The van der Waals surface area contributed by atoms with Crippen LogP contribution < -0.4 is 10.1 Å². The second-order valence-corrected chi connectivity index (χ2v) is 3.33. The molecule has 3 heteroatoms. The fourth-order valence-electron chi connectivity index (χ4n) is 1.49. The molecule has 0 fully saturated rings. The lowest BCUT2D eigenvalue weighted by Crippen LogP contribution is -2.10. The molecule has 14 heavy (non-hydrogen) atoms. The molecule has 74 valence electrons. The molecule has 0 bridgehead atoms. The van der Waals surface area contributed by atoms with Crippen molar-refractivity contribution in [3.05, 3.63) is 23.8 Å². The van der Waals surface area contributed by atoms with Crippen LogP contribution in [-0.2, 0) is 11.2 Å². The third kappa shape index (κ3) is 1.71. The Hall–Kier alpha value is -1.51. The first-order valence-corrected chi connectivity index (χ1v) is 4.85. The van der Waals surface area contributed by atoms with E-state index in [1.807, 2.05) is 18.2 Å². The normalized spacial score (nSPS) is 15.1. The molecule has 0 aromatic heterocycles. The molecule has 0 aliphatic carbocycles. The van der Waals surface area contributed by atoms with Crippen molar-refractivity contribution in [2.75, 3.05) is 11.9 Å². The van der Waals surface area contributed by atoms with Gasteiger partial charge in [-0.3, -0.25) is 4.79 Å². The van der Waals surface area contributed by atoms with E-state index in [1.54, 1.807) is 0 Å². The first-order valence-electron chi connectivity index (χ1n) is 4.85. The lowest BCUT2D eigenvalue weighted by molar-refractivity contribution is -0.116. The summed E-state index contributed by atoms with van der Waals surface area (Å²) >= 11 is 0. The average Bonchev–Trinajstić information content (AvgIpc) is 2.37. The van der Waals surface area contributed by atoms with Crippen molar-refractivity contribution in [3.63, 3.8) is 0 Å². The van der Waals surface area contributed by atoms with Crippen LogP contribution in [0.2, 0.25) is 0 Å². The summed E-state index contributed by atoms with van der Waals surface area (Å²) in [4.78, 5) is 11.3. The molecule has 0 saturated carbocycles. The second-order valence-electron chi connectivity index (χ2n) is 3.33. The van der Waals surface area contributed by atoms with Gasteiger partial charge in [0.15, 0.2) is 0 Å². The molecular weight excluding hydrogens is 178 g/mol. The van der Waals surface area contributed by atoms with Gasteiger partial charge < -0.3 is 10.1 Å². The lowest BCUT2D eigenvalue weighted by atomic mass is 10.1. The Kier molecular flexibility index (Phi) is 2.39. The van der Waals surface area contributed by atoms with Gasteiger partial charge in [-0.1, -0.05) is 13.0 Å². The smallest absolute Gasteiger partial charge is 0.227 e. The van der Waals surface area contributed by atoms with Crippen molar-refractivity contribution in [1.29, 1.82) is 0 Å². The summed E-state index contributed by atoms with van der Waals surface area (Å²) in [6.07, 6.45) is 1.39. The summed E-state index contributed by atoms with van der Waals surface area (Å²) in [5.41, 5.74) is 2.00. The largest absolute Gasteiger partial charge is 0.491 e. The van der Waals surface area contributed by atoms with Crippen LogP contribution in [-0.4, -0.2) is 12.5 Å². The number of carbonyl (C=O) groups excluding carboxylic acids is 1. The third-order valence-electron chi connectivity index (χ3n) is 2.31. The Balaban J connectivity index is 2.36. The highest BCUT2D eigenvalue weighted by Crippen LogP contribution is 2.28. The number of rotatable bonds is 1. The van der Waals surface area contributed by atoms with Crippen LogP contribution in [0.1, 0.15) is 18.9 Å². The van der Waals surface area contributed by atoms with E-state index in [1.165, 1.54) is 5.56 Å². The zero-order valence-corrected chi connectivity index (χ0v) is 8.17. The molecule has 1 heterocycles. The molecule has 2 rings (SSSR count). The second kappa shape index (κ2) is 3.70. The predicted molar refractivity (Wildman–Crippen MR) is 54.6 cm³/mol. The Morgan fingerprint density at radius 2 is 2.36 bits per heavy atom. The number of ether oxygens (including phenoxy) is 1. The average molecular weight is 191 g/mol. The number of amides is 1. The Bertz CT molecular complexity index is 360. The highest BCUT2D eigenvalue weighted by Gasteiger charge is 2.13. The molecule has 0 radical (unpaired) electrons. The fourth-order valence-corrected chi connectivity index (χ4v) is 1.49. The summed E-state index contributed by atoms with van der Waals surface area (Å²) in [5, 5.41) is 2.83. The summed E-state index contributed by atoms with van der Waals surface area (Å²) < 4.78 is 5.44. The van der Waals surface area contributed by atoms with Crippen molar-refractivity contribution in [1.82, 2.24) is 0 Å². The van der Waals surface area contributed by atoms with E-state index in [4.69, 9.17) is 4.74 Å². The minimum absolute atomic E-state index is 0.0250. The highest BCUT2D eigenvalue weighted by molar-refractivity contribution is 5.93. The number of aryl methyl sites for hydroxylation is 1. The number of benzene rings is 1. The summed E-state index contributed by atoms with van der Waals surface area (Å²) in [6.45, 7) is 2.55. The Morgan fingerprint density at radius 3 is 3.14 bits per heavy atom. The first-order chi connectivity index (χ1) is 6.79. The van der Waals surface area contributed by atoms with Gasteiger partial charge in [-0.05, 0) is 24.1 Å². The number of nitrogens with one attached hydrogen (secondary N) is 1.